The van der Waals surface area contributed by atoms with E-state index in [1.807, 2.05) is 0 Å². The van der Waals surface area contributed by atoms with E-state index in [1.165, 1.54) is 0 Å². The molecule has 3 fully saturated rings. The van der Waals surface area contributed by atoms with Crippen molar-refractivity contribution in [2.75, 3.05) is 0 Å². The number of carbonyl (C=O) groups is 2. The minimum absolute atomic E-state index is 0.0642. The van der Waals surface area contributed by atoms with Crippen LogP contribution in [-0.4, -0.2) is 23.9 Å². The molecule has 0 aromatic rings. The van der Waals surface area contributed by atoms with E-state index in [0.717, 1.165) is 51.4 Å². The summed E-state index contributed by atoms with van der Waals surface area (Å²) in [5, 5.41) is 6.13. The molecule has 0 bridgehead atoms. The van der Waals surface area contributed by atoms with Crippen LogP contribution in [0.15, 0.2) is 0 Å². The van der Waals surface area contributed by atoms with Crippen LogP contribution in [0.4, 0.5) is 0 Å². The average molecular weight is 250 g/mol. The van der Waals surface area contributed by atoms with E-state index >= 15 is 0 Å². The molecule has 0 saturated heterocycles. The Morgan fingerprint density at radius 1 is 0.722 bits per heavy atom. The lowest BCUT2D eigenvalue weighted by Crippen LogP contribution is -2.40. The Labute approximate surface area is 108 Å². The highest BCUT2D eigenvalue weighted by atomic mass is 16.2. The smallest absolute Gasteiger partial charge is 0.223 e. The van der Waals surface area contributed by atoms with Gasteiger partial charge in [0, 0.05) is 23.9 Å². The van der Waals surface area contributed by atoms with Crippen molar-refractivity contribution >= 4 is 11.8 Å². The summed E-state index contributed by atoms with van der Waals surface area (Å²) in [4.78, 5) is 24.0. The van der Waals surface area contributed by atoms with Gasteiger partial charge >= 0.3 is 0 Å². The molecule has 4 nitrogen and oxygen atoms in total. The summed E-state index contributed by atoms with van der Waals surface area (Å²) in [6.45, 7) is 0. The van der Waals surface area contributed by atoms with Crippen molar-refractivity contribution in [3.8, 4) is 0 Å². The standard InChI is InChI=1S/C14H22N2O2/c17-13(15-11-4-5-11)9-2-1-3-10(8-9)14(18)16-12-6-7-12/h9-12H,1-8H2,(H,15,17)(H,16,18). The molecule has 2 unspecified atom stereocenters. The lowest BCUT2D eigenvalue weighted by Gasteiger charge is -2.27. The lowest BCUT2D eigenvalue weighted by molar-refractivity contribution is -0.130. The summed E-state index contributed by atoms with van der Waals surface area (Å²) < 4.78 is 0. The fourth-order valence-electron chi connectivity index (χ4n) is 2.76. The molecule has 3 saturated carbocycles. The minimum Gasteiger partial charge on any atom is -0.353 e. The fourth-order valence-corrected chi connectivity index (χ4v) is 2.76. The van der Waals surface area contributed by atoms with Crippen molar-refractivity contribution in [2.24, 2.45) is 11.8 Å². The van der Waals surface area contributed by atoms with Gasteiger partial charge in [-0.2, -0.15) is 0 Å². The van der Waals surface area contributed by atoms with E-state index in [-0.39, 0.29) is 23.7 Å². The third-order valence-electron chi connectivity index (χ3n) is 4.26. The van der Waals surface area contributed by atoms with Gasteiger partial charge in [-0.3, -0.25) is 9.59 Å². The van der Waals surface area contributed by atoms with E-state index in [0.29, 0.717) is 12.1 Å². The average Bonchev–Trinajstić information content (AvgIpc) is 3.25. The van der Waals surface area contributed by atoms with Crippen molar-refractivity contribution in [3.05, 3.63) is 0 Å². The van der Waals surface area contributed by atoms with Gasteiger partial charge in [-0.05, 0) is 44.9 Å². The van der Waals surface area contributed by atoms with E-state index < -0.39 is 0 Å². The third-order valence-corrected chi connectivity index (χ3v) is 4.26. The van der Waals surface area contributed by atoms with Crippen LogP contribution < -0.4 is 10.6 Å². The zero-order valence-corrected chi connectivity index (χ0v) is 10.8. The summed E-state index contributed by atoms with van der Waals surface area (Å²) in [5.74, 6) is 0.492. The Kier molecular flexibility index (Phi) is 3.27. The van der Waals surface area contributed by atoms with Gasteiger partial charge in [-0.15, -0.1) is 0 Å². The van der Waals surface area contributed by atoms with E-state index in [1.54, 1.807) is 0 Å². The molecular weight excluding hydrogens is 228 g/mol. The molecule has 0 heterocycles. The van der Waals surface area contributed by atoms with Crippen LogP contribution >= 0.6 is 0 Å². The number of hydrogen-bond acceptors (Lipinski definition) is 2. The maximum atomic E-state index is 12.0. The molecule has 2 N–H and O–H groups in total. The van der Waals surface area contributed by atoms with Gasteiger partial charge in [0.2, 0.25) is 11.8 Å². The normalized spacial score (nSPS) is 31.8. The second kappa shape index (κ2) is 4.90. The highest BCUT2D eigenvalue weighted by molar-refractivity contribution is 5.83. The highest BCUT2D eigenvalue weighted by Crippen LogP contribution is 2.31. The van der Waals surface area contributed by atoms with Crippen molar-refractivity contribution in [1.82, 2.24) is 10.6 Å². The predicted molar refractivity (Wildman–Crippen MR) is 67.8 cm³/mol. The van der Waals surface area contributed by atoms with Crippen LogP contribution in [-0.2, 0) is 9.59 Å². The number of nitrogens with one attached hydrogen (secondary N) is 2. The molecule has 0 aromatic heterocycles. The van der Waals surface area contributed by atoms with E-state index in [2.05, 4.69) is 10.6 Å². The largest absolute Gasteiger partial charge is 0.353 e. The van der Waals surface area contributed by atoms with Crippen molar-refractivity contribution in [2.45, 2.75) is 63.5 Å². The molecule has 4 heteroatoms. The lowest BCUT2D eigenvalue weighted by atomic mass is 9.80. The molecule has 2 atom stereocenters. The van der Waals surface area contributed by atoms with Gasteiger partial charge in [-0.1, -0.05) is 6.42 Å². The van der Waals surface area contributed by atoms with Crippen LogP contribution in [0.1, 0.15) is 51.4 Å². The molecular formula is C14H22N2O2. The summed E-state index contributed by atoms with van der Waals surface area (Å²) in [6.07, 6.45) is 8.17. The first-order valence-corrected chi connectivity index (χ1v) is 7.33. The molecule has 0 spiro atoms. The first-order valence-electron chi connectivity index (χ1n) is 7.33. The molecule has 3 aliphatic rings. The first-order chi connectivity index (χ1) is 8.72. The summed E-state index contributed by atoms with van der Waals surface area (Å²) >= 11 is 0. The molecule has 0 radical (unpaired) electrons. The van der Waals surface area contributed by atoms with Gasteiger partial charge in [0.05, 0.1) is 0 Å². The number of hydrogen-bond donors (Lipinski definition) is 2. The summed E-state index contributed by atoms with van der Waals surface area (Å²) in [5.41, 5.74) is 0. The fraction of sp³-hybridized carbons (Fsp3) is 0.857. The molecule has 100 valence electrons. The van der Waals surface area contributed by atoms with Gasteiger partial charge in [0.1, 0.15) is 0 Å². The molecule has 0 aromatic carbocycles. The first kappa shape index (κ1) is 12.0. The monoisotopic (exact) mass is 250 g/mol. The predicted octanol–water partition coefficient (Wildman–Crippen LogP) is 1.35. The molecule has 18 heavy (non-hydrogen) atoms. The summed E-state index contributed by atoms with van der Waals surface area (Å²) in [6, 6.07) is 0.858. The van der Waals surface area contributed by atoms with Crippen LogP contribution in [0.25, 0.3) is 0 Å². The van der Waals surface area contributed by atoms with E-state index in [9.17, 15) is 9.59 Å². The van der Waals surface area contributed by atoms with Gasteiger partial charge in [0.15, 0.2) is 0 Å². The van der Waals surface area contributed by atoms with Crippen molar-refractivity contribution in [3.63, 3.8) is 0 Å². The maximum Gasteiger partial charge on any atom is 0.223 e. The highest BCUT2D eigenvalue weighted by Gasteiger charge is 2.35. The summed E-state index contributed by atoms with van der Waals surface area (Å²) in [7, 11) is 0. The SMILES string of the molecule is O=C(NC1CC1)C1CCCC(C(=O)NC2CC2)C1. The Bertz CT molecular complexity index is 316. The quantitative estimate of drug-likeness (QED) is 0.791. The van der Waals surface area contributed by atoms with Gasteiger partial charge in [-0.25, -0.2) is 0 Å². The van der Waals surface area contributed by atoms with Crippen LogP contribution in [0.5, 0.6) is 0 Å². The third kappa shape index (κ3) is 3.03. The molecule has 0 aliphatic heterocycles. The second-order valence-corrected chi connectivity index (χ2v) is 6.13. The zero-order chi connectivity index (χ0) is 12.5. The van der Waals surface area contributed by atoms with Crippen molar-refractivity contribution < 1.29 is 9.59 Å². The Morgan fingerprint density at radius 3 is 1.56 bits per heavy atom. The van der Waals surface area contributed by atoms with Crippen LogP contribution in [0.2, 0.25) is 0 Å². The Hall–Kier alpha value is -1.06. The minimum atomic E-state index is 0.0642. The second-order valence-electron chi connectivity index (χ2n) is 6.13. The van der Waals surface area contributed by atoms with Gasteiger partial charge in [0.25, 0.3) is 0 Å². The van der Waals surface area contributed by atoms with E-state index in [4.69, 9.17) is 0 Å². The molecule has 3 aliphatic carbocycles. The number of rotatable bonds is 4. The topological polar surface area (TPSA) is 58.2 Å². The van der Waals surface area contributed by atoms with Crippen molar-refractivity contribution in [1.29, 1.82) is 0 Å². The Balaban J connectivity index is 1.50. The van der Waals surface area contributed by atoms with Crippen LogP contribution in [0, 0.1) is 11.8 Å². The van der Waals surface area contributed by atoms with Crippen LogP contribution in [0.3, 0.4) is 0 Å². The zero-order valence-electron chi connectivity index (χ0n) is 10.8. The van der Waals surface area contributed by atoms with Gasteiger partial charge < -0.3 is 10.6 Å². The number of amides is 2. The Morgan fingerprint density at radius 2 is 1.17 bits per heavy atom. The maximum absolute atomic E-state index is 12.0. The molecule has 3 rings (SSSR count). The molecule has 2 amide bonds. The number of carbonyl (C=O) groups excluding carboxylic acids is 2.